The Morgan fingerprint density at radius 1 is 1.14 bits per heavy atom. The largest absolute Gasteiger partial charge is 0.495 e. The molecule has 2 aromatic carbocycles. The van der Waals surface area contributed by atoms with Gasteiger partial charge in [0.2, 0.25) is 11.9 Å². The van der Waals surface area contributed by atoms with Crippen molar-refractivity contribution in [2.24, 2.45) is 0 Å². The van der Waals surface area contributed by atoms with Crippen molar-refractivity contribution in [1.29, 1.82) is 0 Å². The van der Waals surface area contributed by atoms with Crippen molar-refractivity contribution in [3.8, 4) is 11.5 Å². The number of carbonyl (C=O) groups excluding carboxylic acids is 2. The number of hydrogen-bond donors (Lipinski definition) is 3. The Morgan fingerprint density at radius 2 is 1.86 bits per heavy atom. The number of benzene rings is 2. The zero-order valence-electron chi connectivity index (χ0n) is 24.6. The number of methoxy groups -OCH3 is 1. The van der Waals surface area contributed by atoms with E-state index in [-0.39, 0.29) is 24.5 Å². The minimum absolute atomic E-state index is 0.0831. The van der Waals surface area contributed by atoms with Crippen LogP contribution >= 0.6 is 11.6 Å². The number of carbonyl (C=O) groups is 2. The molecule has 5 rings (SSSR count). The zero-order chi connectivity index (χ0) is 30.5. The van der Waals surface area contributed by atoms with Crippen molar-refractivity contribution in [2.45, 2.75) is 32.4 Å². The van der Waals surface area contributed by atoms with Gasteiger partial charge in [0, 0.05) is 49.0 Å². The molecule has 0 unspecified atom stereocenters. The van der Waals surface area contributed by atoms with Crippen LogP contribution in [0.5, 0.6) is 11.5 Å². The Labute approximate surface area is 256 Å². The van der Waals surface area contributed by atoms with Crippen molar-refractivity contribution in [1.82, 2.24) is 20.2 Å². The number of likely N-dealkylation sites (N-methyl/N-ethyl adjacent to an activating group) is 1. The molecule has 12 heteroatoms. The molecule has 1 saturated carbocycles. The molecule has 2 amide bonds. The van der Waals surface area contributed by atoms with Crippen LogP contribution in [0.15, 0.2) is 49.3 Å². The van der Waals surface area contributed by atoms with Gasteiger partial charge in [-0.1, -0.05) is 18.2 Å². The third-order valence-electron chi connectivity index (χ3n) is 7.49. The molecule has 0 bridgehead atoms. The van der Waals surface area contributed by atoms with Gasteiger partial charge in [0.1, 0.15) is 12.4 Å². The van der Waals surface area contributed by atoms with Crippen LogP contribution in [0.3, 0.4) is 0 Å². The van der Waals surface area contributed by atoms with E-state index in [1.54, 1.807) is 24.5 Å². The Morgan fingerprint density at radius 3 is 2.51 bits per heavy atom. The van der Waals surface area contributed by atoms with Crippen molar-refractivity contribution in [3.63, 3.8) is 0 Å². The highest BCUT2D eigenvalue weighted by Crippen LogP contribution is 2.36. The summed E-state index contributed by atoms with van der Waals surface area (Å²) < 4.78 is 11.3. The molecule has 2 aliphatic rings. The average molecular weight is 606 g/mol. The molecule has 0 radical (unpaired) electrons. The number of piperazine rings is 1. The Balaban J connectivity index is 1.32. The van der Waals surface area contributed by atoms with Gasteiger partial charge in [0.25, 0.3) is 5.91 Å². The molecule has 3 aromatic rings. The molecule has 11 nitrogen and oxygen atoms in total. The van der Waals surface area contributed by atoms with Crippen LogP contribution < -0.4 is 30.3 Å². The molecule has 43 heavy (non-hydrogen) atoms. The van der Waals surface area contributed by atoms with Crippen LogP contribution in [0.2, 0.25) is 5.02 Å². The number of anilines is 4. The number of nitrogens with zero attached hydrogens (tertiary/aromatic N) is 4. The molecule has 1 aliphatic heterocycles. The lowest BCUT2D eigenvalue weighted by Gasteiger charge is -2.35. The van der Waals surface area contributed by atoms with Gasteiger partial charge in [-0.2, -0.15) is 0 Å². The Hall–Kier alpha value is -4.35. The minimum atomic E-state index is -0.316. The van der Waals surface area contributed by atoms with Gasteiger partial charge in [-0.05, 0) is 62.7 Å². The van der Waals surface area contributed by atoms with Crippen LogP contribution in [0.1, 0.15) is 34.3 Å². The fourth-order valence-corrected chi connectivity index (χ4v) is 5.05. The summed E-state index contributed by atoms with van der Waals surface area (Å²) in [6.45, 7) is 9.40. The number of rotatable bonds is 11. The predicted molar refractivity (Wildman–Crippen MR) is 168 cm³/mol. The lowest BCUT2D eigenvalue weighted by atomic mass is 10.1. The van der Waals surface area contributed by atoms with Gasteiger partial charge >= 0.3 is 0 Å². The second kappa shape index (κ2) is 13.3. The van der Waals surface area contributed by atoms with E-state index in [1.807, 2.05) is 19.1 Å². The van der Waals surface area contributed by atoms with E-state index in [9.17, 15) is 9.59 Å². The molecule has 1 aliphatic carbocycles. The predicted octanol–water partition coefficient (Wildman–Crippen LogP) is 4.54. The number of hydrogen-bond acceptors (Lipinski definition) is 9. The molecule has 226 valence electrons. The highest BCUT2D eigenvalue weighted by atomic mass is 35.5. The van der Waals surface area contributed by atoms with Crippen molar-refractivity contribution >= 4 is 46.4 Å². The second-order valence-corrected chi connectivity index (χ2v) is 11.0. The van der Waals surface area contributed by atoms with Gasteiger partial charge in [-0.15, -0.1) is 0 Å². The zero-order valence-corrected chi connectivity index (χ0v) is 25.3. The lowest BCUT2D eigenvalue weighted by molar-refractivity contribution is -0.111. The summed E-state index contributed by atoms with van der Waals surface area (Å²) in [5.74, 6) is 0.653. The smallest absolute Gasteiger partial charge is 0.251 e. The minimum Gasteiger partial charge on any atom is -0.495 e. The lowest BCUT2D eigenvalue weighted by Crippen LogP contribution is -2.44. The first-order chi connectivity index (χ1) is 20.7. The van der Waals surface area contributed by atoms with Crippen LogP contribution in [0.25, 0.3) is 0 Å². The Bertz CT molecular complexity index is 1500. The van der Waals surface area contributed by atoms with Crippen LogP contribution in [-0.4, -0.2) is 73.1 Å². The summed E-state index contributed by atoms with van der Waals surface area (Å²) in [6.07, 6.45) is 6.30. The standard InChI is InChI=1S/C31H36ClN7O4/c1-5-27(40)36-24-8-9-25(39-12-10-38(3)11-13-39)19(2)29(24)37-31-33-16-23(17-34-31)43-18-21-14-20(15-26(42-4)28(21)32)30(41)35-22-6-7-22/h5,8-9,14-17,22H,1,6-7,10-13,18H2,2-4H3,(H,35,41)(H,36,40)(H,33,34,37). The maximum Gasteiger partial charge on any atom is 0.251 e. The summed E-state index contributed by atoms with van der Waals surface area (Å²) in [6, 6.07) is 7.45. The molecular weight excluding hydrogens is 570 g/mol. The molecule has 2 heterocycles. The summed E-state index contributed by atoms with van der Waals surface area (Å²) in [7, 11) is 3.62. The highest BCUT2D eigenvalue weighted by Gasteiger charge is 2.25. The molecular formula is C31H36ClN7O4. The van der Waals surface area contributed by atoms with Crippen molar-refractivity contribution in [2.75, 3.05) is 55.9 Å². The van der Waals surface area contributed by atoms with Crippen molar-refractivity contribution in [3.05, 3.63) is 71.0 Å². The molecule has 2 fully saturated rings. The van der Waals surface area contributed by atoms with Gasteiger partial charge in [0.05, 0.1) is 35.9 Å². The molecule has 0 spiro atoms. The number of amides is 2. The number of aromatic nitrogens is 2. The number of nitrogens with one attached hydrogen (secondary N) is 3. The van der Waals surface area contributed by atoms with Crippen LogP contribution in [0, 0.1) is 6.92 Å². The van der Waals surface area contributed by atoms with Crippen LogP contribution in [-0.2, 0) is 11.4 Å². The molecule has 1 aromatic heterocycles. The molecule has 0 atom stereocenters. The van der Waals surface area contributed by atoms with Gasteiger partial charge < -0.3 is 35.2 Å². The van der Waals surface area contributed by atoms with Crippen LogP contribution in [0.4, 0.5) is 23.0 Å². The highest BCUT2D eigenvalue weighted by molar-refractivity contribution is 6.33. The number of ether oxygens (including phenoxy) is 2. The summed E-state index contributed by atoms with van der Waals surface area (Å²) >= 11 is 6.52. The van der Waals surface area contributed by atoms with E-state index in [0.717, 1.165) is 50.3 Å². The van der Waals surface area contributed by atoms with E-state index >= 15 is 0 Å². The maximum absolute atomic E-state index is 12.6. The van der Waals surface area contributed by atoms with Gasteiger partial charge in [0.15, 0.2) is 5.75 Å². The summed E-state index contributed by atoms with van der Waals surface area (Å²) in [5, 5.41) is 9.49. The normalized spacial score (nSPS) is 15.0. The van der Waals surface area contributed by atoms with E-state index in [0.29, 0.717) is 45.0 Å². The summed E-state index contributed by atoms with van der Waals surface area (Å²) in [4.78, 5) is 38.3. The number of halogens is 1. The topological polar surface area (TPSA) is 121 Å². The third kappa shape index (κ3) is 7.36. The van der Waals surface area contributed by atoms with E-state index in [2.05, 4.69) is 49.3 Å². The van der Waals surface area contributed by atoms with E-state index in [4.69, 9.17) is 21.1 Å². The van der Waals surface area contributed by atoms with E-state index < -0.39 is 0 Å². The first-order valence-electron chi connectivity index (χ1n) is 14.2. The molecule has 3 N–H and O–H groups in total. The van der Waals surface area contributed by atoms with E-state index in [1.165, 1.54) is 13.2 Å². The SMILES string of the molecule is C=CC(=O)Nc1ccc(N2CCN(C)CC2)c(C)c1Nc1ncc(OCc2cc(C(=O)NC3CC3)cc(OC)c2Cl)cn1. The fourth-order valence-electron chi connectivity index (χ4n) is 4.80. The van der Waals surface area contributed by atoms with Gasteiger partial charge in [-0.25, -0.2) is 9.97 Å². The maximum atomic E-state index is 12.6. The summed E-state index contributed by atoms with van der Waals surface area (Å²) in [5.41, 5.74) is 4.38. The quantitative estimate of drug-likeness (QED) is 0.271. The van der Waals surface area contributed by atoms with Crippen molar-refractivity contribution < 1.29 is 19.1 Å². The fraction of sp³-hybridized carbons (Fsp3) is 0.355. The Kier molecular flexibility index (Phi) is 9.32. The first-order valence-corrected chi connectivity index (χ1v) is 14.5. The molecule has 1 saturated heterocycles. The second-order valence-electron chi connectivity index (χ2n) is 10.7. The third-order valence-corrected chi connectivity index (χ3v) is 7.92. The first kappa shape index (κ1) is 30.1. The van der Waals surface area contributed by atoms with Gasteiger partial charge in [-0.3, -0.25) is 9.59 Å². The monoisotopic (exact) mass is 605 g/mol. The average Bonchev–Trinajstić information content (AvgIpc) is 3.83.